The number of halogens is 3. The molecule has 0 unspecified atom stereocenters. The number of benzene rings is 2. The summed E-state index contributed by atoms with van der Waals surface area (Å²) >= 11 is 0. The van der Waals surface area contributed by atoms with Gasteiger partial charge in [0.2, 0.25) is 0 Å². The molecule has 0 fully saturated rings. The van der Waals surface area contributed by atoms with Gasteiger partial charge < -0.3 is 0 Å². The molecule has 2 aromatic carbocycles. The Morgan fingerprint density at radius 1 is 0.944 bits per heavy atom. The van der Waals surface area contributed by atoms with Crippen LogP contribution in [0.4, 0.5) is 13.2 Å². The second kappa shape index (κ2) is 4.92. The fourth-order valence-corrected chi connectivity index (χ4v) is 1.67. The molecular formula is C14H8F3N. The molecule has 0 spiro atoms. The maximum Gasteiger partial charge on any atom is 0.140 e. The molecule has 0 saturated carbocycles. The third kappa shape index (κ3) is 2.51. The zero-order valence-electron chi connectivity index (χ0n) is 9.25. The van der Waals surface area contributed by atoms with Crippen LogP contribution in [0, 0.1) is 28.8 Å². The number of hydrogen-bond acceptors (Lipinski definition) is 1. The second-order valence-electron chi connectivity index (χ2n) is 3.84. The molecule has 1 nitrogen and oxygen atoms in total. The van der Waals surface area contributed by atoms with Gasteiger partial charge in [0.15, 0.2) is 0 Å². The van der Waals surface area contributed by atoms with E-state index in [1.165, 1.54) is 12.1 Å². The van der Waals surface area contributed by atoms with E-state index in [0.29, 0.717) is 5.56 Å². The Hall–Kier alpha value is -2.28. The molecule has 18 heavy (non-hydrogen) atoms. The summed E-state index contributed by atoms with van der Waals surface area (Å²) < 4.78 is 39.5. The lowest BCUT2D eigenvalue weighted by Crippen LogP contribution is -1.95. The highest BCUT2D eigenvalue weighted by atomic mass is 19.1. The summed E-state index contributed by atoms with van der Waals surface area (Å²) in [4.78, 5) is 0. The Kier molecular flexibility index (Phi) is 3.33. The van der Waals surface area contributed by atoms with Gasteiger partial charge in [-0.3, -0.25) is 0 Å². The Balaban J connectivity index is 2.34. The maximum atomic E-state index is 13.4. The highest BCUT2D eigenvalue weighted by Gasteiger charge is 2.07. The highest BCUT2D eigenvalue weighted by molar-refractivity contribution is 5.37. The van der Waals surface area contributed by atoms with Crippen LogP contribution in [0.15, 0.2) is 36.4 Å². The van der Waals surface area contributed by atoms with E-state index >= 15 is 0 Å². The average molecular weight is 247 g/mol. The van der Waals surface area contributed by atoms with Crippen molar-refractivity contribution in [2.75, 3.05) is 0 Å². The molecule has 90 valence electrons. The van der Waals surface area contributed by atoms with Crippen molar-refractivity contribution in [3.05, 3.63) is 70.5 Å². The summed E-state index contributed by atoms with van der Waals surface area (Å²) in [5.74, 6) is -1.69. The predicted molar refractivity (Wildman–Crippen MR) is 60.3 cm³/mol. The number of nitriles is 1. The van der Waals surface area contributed by atoms with E-state index in [-0.39, 0.29) is 17.5 Å². The Labute approximate surface area is 102 Å². The van der Waals surface area contributed by atoms with Gasteiger partial charge in [0.05, 0.1) is 5.56 Å². The molecule has 0 amide bonds. The van der Waals surface area contributed by atoms with Gasteiger partial charge in [0.1, 0.15) is 23.5 Å². The summed E-state index contributed by atoms with van der Waals surface area (Å²) in [6.07, 6.45) is 0.110. The molecule has 0 aliphatic heterocycles. The van der Waals surface area contributed by atoms with Gasteiger partial charge in [-0.15, -0.1) is 0 Å². The molecule has 2 rings (SSSR count). The van der Waals surface area contributed by atoms with Gasteiger partial charge in [-0.1, -0.05) is 6.07 Å². The molecule has 2 aromatic rings. The van der Waals surface area contributed by atoms with Crippen molar-refractivity contribution in [1.82, 2.24) is 0 Å². The first kappa shape index (κ1) is 12.2. The topological polar surface area (TPSA) is 23.8 Å². The van der Waals surface area contributed by atoms with Gasteiger partial charge in [-0.05, 0) is 41.5 Å². The van der Waals surface area contributed by atoms with Crippen LogP contribution in [0.25, 0.3) is 0 Å². The Morgan fingerprint density at radius 2 is 1.67 bits per heavy atom. The molecule has 0 saturated heterocycles. The minimum absolute atomic E-state index is 0.107. The fourth-order valence-electron chi connectivity index (χ4n) is 1.67. The maximum absolute atomic E-state index is 13.4. The number of rotatable bonds is 2. The van der Waals surface area contributed by atoms with E-state index in [1.54, 1.807) is 6.07 Å². The zero-order chi connectivity index (χ0) is 13.1. The lowest BCUT2D eigenvalue weighted by atomic mass is 10.0. The van der Waals surface area contributed by atoms with Crippen LogP contribution < -0.4 is 0 Å². The van der Waals surface area contributed by atoms with Crippen LogP contribution in [0.2, 0.25) is 0 Å². The van der Waals surface area contributed by atoms with Gasteiger partial charge in [-0.25, -0.2) is 13.2 Å². The molecule has 0 radical (unpaired) electrons. The van der Waals surface area contributed by atoms with Crippen LogP contribution in [-0.4, -0.2) is 0 Å². The number of hydrogen-bond donors (Lipinski definition) is 0. The standard InChI is InChI=1S/C14H8F3N/c15-12-2-4-13(16)10(7-12)5-9-1-3-14(17)11(6-9)8-18/h1-4,6-7H,5H2. The molecule has 0 N–H and O–H groups in total. The van der Waals surface area contributed by atoms with Crippen molar-refractivity contribution >= 4 is 0 Å². The van der Waals surface area contributed by atoms with Crippen molar-refractivity contribution in [2.45, 2.75) is 6.42 Å². The predicted octanol–water partition coefficient (Wildman–Crippen LogP) is 3.57. The first-order chi connectivity index (χ1) is 8.60. The summed E-state index contributed by atoms with van der Waals surface area (Å²) in [6.45, 7) is 0. The van der Waals surface area contributed by atoms with Gasteiger partial charge in [0.25, 0.3) is 0 Å². The summed E-state index contributed by atoms with van der Waals surface area (Å²) in [7, 11) is 0. The van der Waals surface area contributed by atoms with Crippen LogP contribution in [-0.2, 0) is 6.42 Å². The van der Waals surface area contributed by atoms with Crippen molar-refractivity contribution in [3.8, 4) is 6.07 Å². The monoisotopic (exact) mass is 247 g/mol. The van der Waals surface area contributed by atoms with Crippen LogP contribution >= 0.6 is 0 Å². The molecule has 0 aromatic heterocycles. The van der Waals surface area contributed by atoms with E-state index in [2.05, 4.69) is 0 Å². The molecule has 4 heteroatoms. The van der Waals surface area contributed by atoms with Gasteiger partial charge >= 0.3 is 0 Å². The summed E-state index contributed by atoms with van der Waals surface area (Å²) in [5.41, 5.74) is 0.618. The zero-order valence-corrected chi connectivity index (χ0v) is 9.25. The second-order valence-corrected chi connectivity index (χ2v) is 3.84. The van der Waals surface area contributed by atoms with E-state index in [4.69, 9.17) is 5.26 Å². The number of nitrogens with zero attached hydrogens (tertiary/aromatic N) is 1. The summed E-state index contributed by atoms with van der Waals surface area (Å²) in [5, 5.41) is 8.68. The lowest BCUT2D eigenvalue weighted by Gasteiger charge is -2.04. The lowest BCUT2D eigenvalue weighted by molar-refractivity contribution is 0.588. The minimum atomic E-state index is -0.624. The smallest absolute Gasteiger partial charge is 0.140 e. The fraction of sp³-hybridized carbons (Fsp3) is 0.0714. The van der Waals surface area contributed by atoms with E-state index < -0.39 is 17.5 Å². The van der Waals surface area contributed by atoms with Crippen LogP contribution in [0.3, 0.4) is 0 Å². The molecule has 0 aliphatic carbocycles. The summed E-state index contributed by atoms with van der Waals surface area (Å²) in [6, 6.07) is 8.79. The third-order valence-electron chi connectivity index (χ3n) is 2.55. The van der Waals surface area contributed by atoms with E-state index in [1.807, 2.05) is 0 Å². The SMILES string of the molecule is N#Cc1cc(Cc2cc(F)ccc2F)ccc1F. The van der Waals surface area contributed by atoms with Crippen LogP contribution in [0.5, 0.6) is 0 Å². The van der Waals surface area contributed by atoms with Crippen molar-refractivity contribution in [2.24, 2.45) is 0 Å². The average Bonchev–Trinajstić information content (AvgIpc) is 2.36. The third-order valence-corrected chi connectivity index (χ3v) is 2.55. The molecule has 0 bridgehead atoms. The van der Waals surface area contributed by atoms with Crippen LogP contribution in [0.1, 0.15) is 16.7 Å². The first-order valence-electron chi connectivity index (χ1n) is 5.22. The quantitative estimate of drug-likeness (QED) is 0.795. The molecule has 0 atom stereocenters. The van der Waals surface area contributed by atoms with Gasteiger partial charge in [-0.2, -0.15) is 5.26 Å². The molecular weight excluding hydrogens is 239 g/mol. The van der Waals surface area contributed by atoms with E-state index in [0.717, 1.165) is 24.3 Å². The van der Waals surface area contributed by atoms with Crippen molar-refractivity contribution in [1.29, 1.82) is 5.26 Å². The van der Waals surface area contributed by atoms with Crippen molar-refractivity contribution < 1.29 is 13.2 Å². The minimum Gasteiger partial charge on any atom is -0.207 e. The Bertz CT molecular complexity index is 629. The van der Waals surface area contributed by atoms with Gasteiger partial charge in [0, 0.05) is 6.42 Å². The van der Waals surface area contributed by atoms with E-state index in [9.17, 15) is 13.2 Å². The Morgan fingerprint density at radius 3 is 2.39 bits per heavy atom. The molecule has 0 heterocycles. The highest BCUT2D eigenvalue weighted by Crippen LogP contribution is 2.17. The first-order valence-corrected chi connectivity index (χ1v) is 5.22. The molecule has 0 aliphatic rings. The van der Waals surface area contributed by atoms with Crippen molar-refractivity contribution in [3.63, 3.8) is 0 Å². The largest absolute Gasteiger partial charge is 0.207 e. The normalized spacial score (nSPS) is 10.1.